The van der Waals surface area contributed by atoms with E-state index in [1.807, 2.05) is 0 Å². The van der Waals surface area contributed by atoms with Crippen LogP contribution in [-0.2, 0) is 0 Å². The largest absolute Gasteiger partial charge is 0.327 e. The van der Waals surface area contributed by atoms with E-state index in [4.69, 9.17) is 5.73 Å². The van der Waals surface area contributed by atoms with E-state index in [1.165, 1.54) is 38.9 Å². The van der Waals surface area contributed by atoms with Gasteiger partial charge in [-0.05, 0) is 53.0 Å². The minimum absolute atomic E-state index is 0.424. The molecule has 0 spiro atoms. The zero-order valence-corrected chi connectivity index (χ0v) is 9.00. The van der Waals surface area contributed by atoms with Gasteiger partial charge in [-0.25, -0.2) is 0 Å². The van der Waals surface area contributed by atoms with Crippen LogP contribution in [-0.4, -0.2) is 56.1 Å². The third kappa shape index (κ3) is 4.60. The quantitative estimate of drug-likeness (QED) is 0.686. The van der Waals surface area contributed by atoms with Gasteiger partial charge >= 0.3 is 0 Å². The summed E-state index contributed by atoms with van der Waals surface area (Å²) in [4.78, 5) is 4.74. The van der Waals surface area contributed by atoms with Gasteiger partial charge in [-0.2, -0.15) is 0 Å². The molecule has 0 bridgehead atoms. The Morgan fingerprint density at radius 1 is 1.46 bits per heavy atom. The van der Waals surface area contributed by atoms with E-state index in [0.717, 1.165) is 6.54 Å². The molecule has 13 heavy (non-hydrogen) atoms. The fourth-order valence-electron chi connectivity index (χ4n) is 1.90. The Kier molecular flexibility index (Phi) is 4.70. The first kappa shape index (κ1) is 11.0. The molecule has 1 atom stereocenters. The molecule has 78 valence electrons. The van der Waals surface area contributed by atoms with Crippen LogP contribution in [0, 0.1) is 0 Å². The van der Waals surface area contributed by atoms with E-state index < -0.39 is 0 Å². The summed E-state index contributed by atoms with van der Waals surface area (Å²) in [6, 6.07) is 0.424. The summed E-state index contributed by atoms with van der Waals surface area (Å²) >= 11 is 0. The van der Waals surface area contributed by atoms with Crippen molar-refractivity contribution in [1.29, 1.82) is 0 Å². The average Bonchev–Trinajstić information content (AvgIpc) is 2.03. The summed E-state index contributed by atoms with van der Waals surface area (Å²) in [6.07, 6.45) is 3.76. The van der Waals surface area contributed by atoms with Gasteiger partial charge in [0, 0.05) is 12.6 Å². The summed E-state index contributed by atoms with van der Waals surface area (Å²) in [5.41, 5.74) is 5.90. The van der Waals surface area contributed by atoms with E-state index in [2.05, 4.69) is 23.9 Å². The summed E-state index contributed by atoms with van der Waals surface area (Å²) in [5, 5.41) is 0. The smallest absolute Gasteiger partial charge is 0.0168 e. The van der Waals surface area contributed by atoms with Crippen molar-refractivity contribution in [1.82, 2.24) is 9.80 Å². The van der Waals surface area contributed by atoms with Crippen LogP contribution in [0.25, 0.3) is 0 Å². The van der Waals surface area contributed by atoms with E-state index in [1.54, 1.807) is 0 Å². The average molecular weight is 185 g/mol. The molecule has 3 nitrogen and oxygen atoms in total. The zero-order chi connectivity index (χ0) is 9.68. The molecule has 0 aromatic carbocycles. The number of nitrogens with two attached hydrogens (primary N) is 1. The van der Waals surface area contributed by atoms with Crippen LogP contribution in [0.2, 0.25) is 0 Å². The summed E-state index contributed by atoms with van der Waals surface area (Å²) in [7, 11) is 4.25. The molecule has 1 saturated heterocycles. The maximum absolute atomic E-state index is 5.90. The lowest BCUT2D eigenvalue weighted by atomic mass is 10.1. The molecule has 0 saturated carbocycles. The lowest BCUT2D eigenvalue weighted by Gasteiger charge is -2.30. The number of likely N-dealkylation sites (tertiary alicyclic amines) is 1. The van der Waals surface area contributed by atoms with Crippen molar-refractivity contribution >= 4 is 0 Å². The Balaban J connectivity index is 2.06. The highest BCUT2D eigenvalue weighted by molar-refractivity contribution is 4.74. The lowest BCUT2D eigenvalue weighted by molar-refractivity contribution is 0.200. The van der Waals surface area contributed by atoms with Gasteiger partial charge in [0.25, 0.3) is 0 Å². The molecule has 0 aliphatic carbocycles. The van der Waals surface area contributed by atoms with Gasteiger partial charge in [0.1, 0.15) is 0 Å². The van der Waals surface area contributed by atoms with Gasteiger partial charge in [0.15, 0.2) is 0 Å². The van der Waals surface area contributed by atoms with Gasteiger partial charge in [-0.1, -0.05) is 0 Å². The Hall–Kier alpha value is -0.120. The zero-order valence-electron chi connectivity index (χ0n) is 9.00. The van der Waals surface area contributed by atoms with E-state index in [0.29, 0.717) is 6.04 Å². The molecule has 2 N–H and O–H groups in total. The lowest BCUT2D eigenvalue weighted by Crippen LogP contribution is -2.43. The standard InChI is InChI=1S/C10H23N3/c1-12(2)6-4-8-13-7-3-5-10(11)9-13/h10H,3-9,11H2,1-2H3. The van der Waals surface area contributed by atoms with Gasteiger partial charge in [0.2, 0.25) is 0 Å². The summed E-state index contributed by atoms with van der Waals surface area (Å²) in [5.74, 6) is 0. The highest BCUT2D eigenvalue weighted by Crippen LogP contribution is 2.08. The monoisotopic (exact) mass is 185 g/mol. The molecule has 3 heteroatoms. The predicted octanol–water partition coefficient (Wildman–Crippen LogP) is 0.361. The molecule has 1 unspecified atom stereocenters. The molecule has 0 aromatic rings. The Bertz CT molecular complexity index is 136. The highest BCUT2D eigenvalue weighted by atomic mass is 15.1. The van der Waals surface area contributed by atoms with E-state index in [9.17, 15) is 0 Å². The van der Waals surface area contributed by atoms with Crippen molar-refractivity contribution in [2.75, 3.05) is 40.3 Å². The Morgan fingerprint density at radius 2 is 2.23 bits per heavy atom. The van der Waals surface area contributed by atoms with Gasteiger partial charge in [-0.15, -0.1) is 0 Å². The molecule has 1 aliphatic rings. The Labute approximate surface area is 81.9 Å². The Morgan fingerprint density at radius 3 is 2.85 bits per heavy atom. The van der Waals surface area contributed by atoms with E-state index in [-0.39, 0.29) is 0 Å². The number of rotatable bonds is 4. The molecule has 1 fully saturated rings. The second-order valence-electron chi connectivity index (χ2n) is 4.36. The van der Waals surface area contributed by atoms with Gasteiger partial charge in [0.05, 0.1) is 0 Å². The predicted molar refractivity (Wildman–Crippen MR) is 56.8 cm³/mol. The van der Waals surface area contributed by atoms with Gasteiger partial charge in [-0.3, -0.25) is 0 Å². The molecule has 0 amide bonds. The van der Waals surface area contributed by atoms with Crippen LogP contribution in [0.5, 0.6) is 0 Å². The topological polar surface area (TPSA) is 32.5 Å². The third-order valence-corrected chi connectivity index (χ3v) is 2.62. The summed E-state index contributed by atoms with van der Waals surface area (Å²) in [6.45, 7) is 4.76. The third-order valence-electron chi connectivity index (χ3n) is 2.62. The number of hydrogen-bond acceptors (Lipinski definition) is 3. The maximum atomic E-state index is 5.90. The first-order chi connectivity index (χ1) is 6.18. The number of hydrogen-bond donors (Lipinski definition) is 1. The van der Waals surface area contributed by atoms with Crippen LogP contribution in [0.1, 0.15) is 19.3 Å². The fraction of sp³-hybridized carbons (Fsp3) is 1.00. The van der Waals surface area contributed by atoms with Crippen LogP contribution < -0.4 is 5.73 Å². The van der Waals surface area contributed by atoms with Crippen LogP contribution >= 0.6 is 0 Å². The van der Waals surface area contributed by atoms with Crippen molar-refractivity contribution in [3.63, 3.8) is 0 Å². The fourth-order valence-corrected chi connectivity index (χ4v) is 1.90. The van der Waals surface area contributed by atoms with Crippen molar-refractivity contribution < 1.29 is 0 Å². The molecular weight excluding hydrogens is 162 g/mol. The molecule has 0 aromatic heterocycles. The van der Waals surface area contributed by atoms with Crippen molar-refractivity contribution in [2.45, 2.75) is 25.3 Å². The first-order valence-corrected chi connectivity index (χ1v) is 5.31. The van der Waals surface area contributed by atoms with E-state index >= 15 is 0 Å². The van der Waals surface area contributed by atoms with Crippen molar-refractivity contribution in [3.8, 4) is 0 Å². The molecule has 0 radical (unpaired) electrons. The summed E-state index contributed by atoms with van der Waals surface area (Å²) < 4.78 is 0. The van der Waals surface area contributed by atoms with Gasteiger partial charge < -0.3 is 15.5 Å². The normalized spacial score (nSPS) is 25.4. The second-order valence-corrected chi connectivity index (χ2v) is 4.36. The molecule has 1 aliphatic heterocycles. The molecular formula is C10H23N3. The van der Waals surface area contributed by atoms with Crippen LogP contribution in [0.4, 0.5) is 0 Å². The second kappa shape index (κ2) is 5.58. The van der Waals surface area contributed by atoms with Crippen LogP contribution in [0.3, 0.4) is 0 Å². The maximum Gasteiger partial charge on any atom is 0.0168 e. The first-order valence-electron chi connectivity index (χ1n) is 5.31. The molecule has 1 rings (SSSR count). The molecule has 1 heterocycles. The van der Waals surface area contributed by atoms with Crippen molar-refractivity contribution in [3.05, 3.63) is 0 Å². The number of nitrogens with zero attached hydrogens (tertiary/aromatic N) is 2. The SMILES string of the molecule is CN(C)CCCN1CCCC(N)C1. The minimum atomic E-state index is 0.424. The highest BCUT2D eigenvalue weighted by Gasteiger charge is 2.15. The van der Waals surface area contributed by atoms with Crippen LogP contribution in [0.15, 0.2) is 0 Å². The van der Waals surface area contributed by atoms with Crippen molar-refractivity contribution in [2.24, 2.45) is 5.73 Å². The minimum Gasteiger partial charge on any atom is -0.327 e. The number of piperidine rings is 1.